The summed E-state index contributed by atoms with van der Waals surface area (Å²) in [6.07, 6.45) is 0. The molecule has 0 saturated carbocycles. The number of nitrogens with zero attached hydrogens (tertiary/aromatic N) is 2. The van der Waals surface area contributed by atoms with Crippen molar-refractivity contribution in [1.82, 2.24) is 9.88 Å². The minimum atomic E-state index is -0.219. The molecule has 5 heteroatoms. The van der Waals surface area contributed by atoms with E-state index in [0.29, 0.717) is 11.6 Å². The first-order chi connectivity index (χ1) is 10.4. The Morgan fingerprint density at radius 1 is 1.27 bits per heavy atom. The molecular formula is C17H22N2O2S. The number of thiazole rings is 1. The number of likely N-dealkylation sites (N-methyl/N-ethyl adjacent to an activating group) is 1. The van der Waals surface area contributed by atoms with E-state index in [9.17, 15) is 4.79 Å². The van der Waals surface area contributed by atoms with E-state index in [1.807, 2.05) is 12.1 Å². The molecule has 2 rings (SSSR count). The molecule has 0 aliphatic rings. The van der Waals surface area contributed by atoms with Crippen LogP contribution < -0.4 is 0 Å². The van der Waals surface area contributed by atoms with Crippen LogP contribution in [-0.4, -0.2) is 40.6 Å². The van der Waals surface area contributed by atoms with Gasteiger partial charge in [0.25, 0.3) is 5.91 Å². The van der Waals surface area contributed by atoms with E-state index in [1.54, 1.807) is 19.4 Å². The highest BCUT2D eigenvalue weighted by Crippen LogP contribution is 2.26. The summed E-state index contributed by atoms with van der Waals surface area (Å²) in [6, 6.07) is 8.07. The molecule has 22 heavy (non-hydrogen) atoms. The minimum Gasteiger partial charge on any atom is -0.394 e. The lowest BCUT2D eigenvalue weighted by Crippen LogP contribution is -2.37. The van der Waals surface area contributed by atoms with Gasteiger partial charge in [-0.05, 0) is 18.4 Å². The second kappa shape index (κ2) is 7.03. The van der Waals surface area contributed by atoms with Gasteiger partial charge in [-0.2, -0.15) is 0 Å². The van der Waals surface area contributed by atoms with Crippen molar-refractivity contribution in [2.45, 2.75) is 32.7 Å². The Balaban J connectivity index is 2.19. The number of hydrogen-bond donors (Lipinski definition) is 1. The predicted molar refractivity (Wildman–Crippen MR) is 90.3 cm³/mol. The summed E-state index contributed by atoms with van der Waals surface area (Å²) in [5.41, 5.74) is 2.73. The maximum atomic E-state index is 12.3. The van der Waals surface area contributed by atoms with Gasteiger partial charge < -0.3 is 10.0 Å². The van der Waals surface area contributed by atoms with Crippen molar-refractivity contribution < 1.29 is 9.90 Å². The minimum absolute atomic E-state index is 0.0596. The van der Waals surface area contributed by atoms with Crippen LogP contribution in [0.1, 0.15) is 42.7 Å². The normalized spacial score (nSPS) is 12.5. The molecule has 0 aliphatic carbocycles. The number of carbonyl (C=O) groups excluding carboxylic acids is 1. The van der Waals surface area contributed by atoms with Crippen molar-refractivity contribution in [3.05, 3.63) is 40.9 Å². The standard InChI is InChI=1S/C17H22N2O2S/c1-11(2)13-5-7-14(8-6-13)16-18-15(10-22-16)17(21)19(4)12(3)9-20/h5-8,10-12,20H,9H2,1-4H3. The zero-order valence-electron chi connectivity index (χ0n) is 13.4. The Kier molecular flexibility index (Phi) is 5.32. The number of aliphatic hydroxyl groups is 1. The highest BCUT2D eigenvalue weighted by Gasteiger charge is 2.19. The van der Waals surface area contributed by atoms with Crippen LogP contribution in [0, 0.1) is 0 Å². The topological polar surface area (TPSA) is 53.4 Å². The maximum Gasteiger partial charge on any atom is 0.273 e. The average molecular weight is 318 g/mol. The van der Waals surface area contributed by atoms with Gasteiger partial charge in [0.1, 0.15) is 10.7 Å². The van der Waals surface area contributed by atoms with Gasteiger partial charge in [0.05, 0.1) is 12.6 Å². The van der Waals surface area contributed by atoms with Crippen LogP contribution in [-0.2, 0) is 0 Å². The van der Waals surface area contributed by atoms with Gasteiger partial charge in [0.2, 0.25) is 0 Å². The van der Waals surface area contributed by atoms with E-state index in [2.05, 4.69) is 31.0 Å². The van der Waals surface area contributed by atoms with Gasteiger partial charge in [-0.15, -0.1) is 11.3 Å². The van der Waals surface area contributed by atoms with Gasteiger partial charge in [0.15, 0.2) is 0 Å². The molecule has 1 N–H and O–H groups in total. The van der Waals surface area contributed by atoms with Crippen molar-refractivity contribution in [3.63, 3.8) is 0 Å². The van der Waals surface area contributed by atoms with Crippen LogP contribution in [0.5, 0.6) is 0 Å². The van der Waals surface area contributed by atoms with Crippen molar-refractivity contribution in [2.75, 3.05) is 13.7 Å². The van der Waals surface area contributed by atoms with Crippen LogP contribution in [0.3, 0.4) is 0 Å². The molecule has 1 heterocycles. The molecule has 2 aromatic rings. The van der Waals surface area contributed by atoms with E-state index >= 15 is 0 Å². The second-order valence-electron chi connectivity index (χ2n) is 5.76. The van der Waals surface area contributed by atoms with Gasteiger partial charge in [0, 0.05) is 18.0 Å². The second-order valence-corrected chi connectivity index (χ2v) is 6.62. The van der Waals surface area contributed by atoms with E-state index in [-0.39, 0.29) is 18.6 Å². The van der Waals surface area contributed by atoms with Crippen molar-refractivity contribution in [2.24, 2.45) is 0 Å². The molecule has 0 aliphatic heterocycles. The molecule has 1 atom stereocenters. The first kappa shape index (κ1) is 16.6. The average Bonchev–Trinajstić information content (AvgIpc) is 3.02. The number of aromatic nitrogens is 1. The SMILES string of the molecule is CC(C)c1ccc(-c2nc(C(=O)N(C)C(C)CO)cs2)cc1. The summed E-state index contributed by atoms with van der Waals surface area (Å²) in [7, 11) is 1.68. The molecule has 118 valence electrons. The number of benzene rings is 1. The van der Waals surface area contributed by atoms with Crippen LogP contribution in [0.15, 0.2) is 29.6 Å². The lowest BCUT2D eigenvalue weighted by molar-refractivity contribution is 0.0677. The third-order valence-corrected chi connectivity index (χ3v) is 4.68. The molecule has 1 aromatic carbocycles. The lowest BCUT2D eigenvalue weighted by Gasteiger charge is -2.21. The molecule has 1 amide bonds. The van der Waals surface area contributed by atoms with Crippen molar-refractivity contribution >= 4 is 17.2 Å². The fourth-order valence-corrected chi connectivity index (χ4v) is 2.82. The van der Waals surface area contributed by atoms with Gasteiger partial charge in [-0.25, -0.2) is 4.98 Å². The smallest absolute Gasteiger partial charge is 0.273 e. The Bertz CT molecular complexity index is 634. The fraction of sp³-hybridized carbons (Fsp3) is 0.412. The number of carbonyl (C=O) groups is 1. The molecule has 1 unspecified atom stereocenters. The molecule has 0 spiro atoms. The van der Waals surface area contributed by atoms with Crippen LogP contribution in [0.2, 0.25) is 0 Å². The highest BCUT2D eigenvalue weighted by atomic mass is 32.1. The zero-order chi connectivity index (χ0) is 16.3. The van der Waals surface area contributed by atoms with E-state index in [0.717, 1.165) is 10.6 Å². The monoisotopic (exact) mass is 318 g/mol. The zero-order valence-corrected chi connectivity index (χ0v) is 14.2. The van der Waals surface area contributed by atoms with Crippen LogP contribution >= 0.6 is 11.3 Å². The van der Waals surface area contributed by atoms with Gasteiger partial charge in [-0.3, -0.25) is 4.79 Å². The summed E-state index contributed by atoms with van der Waals surface area (Å²) in [6.45, 7) is 6.06. The molecule has 1 aromatic heterocycles. The molecule has 0 radical (unpaired) electrons. The Morgan fingerprint density at radius 3 is 2.45 bits per heavy atom. The summed E-state index contributed by atoms with van der Waals surface area (Å²) in [5, 5.41) is 11.8. The van der Waals surface area contributed by atoms with Crippen molar-refractivity contribution in [3.8, 4) is 10.6 Å². The Labute approximate surface area is 135 Å². The molecular weight excluding hydrogens is 296 g/mol. The van der Waals surface area contributed by atoms with E-state index in [4.69, 9.17) is 5.11 Å². The van der Waals surface area contributed by atoms with E-state index < -0.39 is 0 Å². The summed E-state index contributed by atoms with van der Waals surface area (Å²) in [4.78, 5) is 18.2. The van der Waals surface area contributed by atoms with Gasteiger partial charge >= 0.3 is 0 Å². The molecule has 0 fully saturated rings. The van der Waals surface area contributed by atoms with Crippen molar-refractivity contribution in [1.29, 1.82) is 0 Å². The maximum absolute atomic E-state index is 12.3. The first-order valence-corrected chi connectivity index (χ1v) is 8.26. The largest absolute Gasteiger partial charge is 0.394 e. The summed E-state index contributed by atoms with van der Waals surface area (Å²) >= 11 is 1.46. The third kappa shape index (κ3) is 3.54. The van der Waals surface area contributed by atoms with Crippen LogP contribution in [0.4, 0.5) is 0 Å². The van der Waals surface area contributed by atoms with Crippen LogP contribution in [0.25, 0.3) is 10.6 Å². The summed E-state index contributed by atoms with van der Waals surface area (Å²) < 4.78 is 0. The van der Waals surface area contributed by atoms with E-state index in [1.165, 1.54) is 21.8 Å². The number of amides is 1. The molecule has 0 bridgehead atoms. The third-order valence-electron chi connectivity index (χ3n) is 3.79. The Morgan fingerprint density at radius 2 is 1.91 bits per heavy atom. The molecule has 0 saturated heterocycles. The molecule has 4 nitrogen and oxygen atoms in total. The lowest BCUT2D eigenvalue weighted by atomic mass is 10.0. The van der Waals surface area contributed by atoms with Gasteiger partial charge in [-0.1, -0.05) is 38.1 Å². The summed E-state index contributed by atoms with van der Waals surface area (Å²) in [5.74, 6) is 0.332. The first-order valence-electron chi connectivity index (χ1n) is 7.38. The number of aliphatic hydroxyl groups excluding tert-OH is 1. The number of hydrogen-bond acceptors (Lipinski definition) is 4. The highest BCUT2D eigenvalue weighted by molar-refractivity contribution is 7.13. The Hall–Kier alpha value is -1.72. The quantitative estimate of drug-likeness (QED) is 0.919. The number of rotatable bonds is 5. The predicted octanol–water partition coefficient (Wildman–Crippen LogP) is 3.39. The fourth-order valence-electron chi connectivity index (χ4n) is 2.02.